The Labute approximate surface area is 128 Å². The van der Waals surface area contributed by atoms with Crippen molar-refractivity contribution in [3.8, 4) is 11.1 Å². The van der Waals surface area contributed by atoms with Gasteiger partial charge in [-0.3, -0.25) is 0 Å². The molecule has 4 nitrogen and oxygen atoms in total. The first-order chi connectivity index (χ1) is 10.7. The predicted octanol–water partition coefficient (Wildman–Crippen LogP) is 3.12. The van der Waals surface area contributed by atoms with Gasteiger partial charge < -0.3 is 9.47 Å². The Bertz CT molecular complexity index is 736. The summed E-state index contributed by atoms with van der Waals surface area (Å²) in [5.41, 5.74) is 4.96. The second-order valence-corrected chi connectivity index (χ2v) is 5.53. The number of esters is 1. The minimum Gasteiger partial charge on any atom is -0.449 e. The van der Waals surface area contributed by atoms with Crippen molar-refractivity contribution in [2.45, 2.75) is 18.9 Å². The van der Waals surface area contributed by atoms with E-state index >= 15 is 0 Å². The molecule has 4 rings (SSSR count). The second-order valence-electron chi connectivity index (χ2n) is 5.53. The first-order valence-corrected chi connectivity index (χ1v) is 7.34. The molecule has 0 radical (unpaired) electrons. The van der Waals surface area contributed by atoms with Crippen LogP contribution in [0.1, 0.15) is 24.0 Å². The van der Waals surface area contributed by atoms with Gasteiger partial charge in [0.1, 0.15) is 6.61 Å². The normalized spacial score (nSPS) is 19.4. The van der Waals surface area contributed by atoms with Crippen LogP contribution in [0, 0.1) is 0 Å². The summed E-state index contributed by atoms with van der Waals surface area (Å²) in [5.74, 6) is -0.230. The van der Waals surface area contributed by atoms with Gasteiger partial charge in [-0.1, -0.05) is 48.5 Å². The van der Waals surface area contributed by atoms with Crippen molar-refractivity contribution < 1.29 is 14.3 Å². The van der Waals surface area contributed by atoms with E-state index < -0.39 is 6.04 Å². The van der Waals surface area contributed by atoms with Gasteiger partial charge in [-0.2, -0.15) is 0 Å². The van der Waals surface area contributed by atoms with Crippen LogP contribution >= 0.6 is 0 Å². The molecule has 22 heavy (non-hydrogen) atoms. The van der Waals surface area contributed by atoms with Gasteiger partial charge in [-0.25, -0.2) is 9.79 Å². The van der Waals surface area contributed by atoms with Crippen molar-refractivity contribution in [1.82, 2.24) is 0 Å². The maximum Gasteiger partial charge on any atom is 0.392 e. The Kier molecular flexibility index (Phi) is 2.96. The third-order valence-electron chi connectivity index (χ3n) is 4.16. The molecule has 1 aliphatic carbocycles. The zero-order valence-corrected chi connectivity index (χ0v) is 12.2. The largest absolute Gasteiger partial charge is 0.449 e. The van der Waals surface area contributed by atoms with Crippen LogP contribution in [0.15, 0.2) is 53.5 Å². The molecule has 1 unspecified atom stereocenters. The van der Waals surface area contributed by atoms with Crippen LogP contribution in [0.4, 0.5) is 0 Å². The Morgan fingerprint density at radius 3 is 2.18 bits per heavy atom. The van der Waals surface area contributed by atoms with E-state index in [2.05, 4.69) is 29.3 Å². The van der Waals surface area contributed by atoms with Gasteiger partial charge in [0.2, 0.25) is 0 Å². The maximum atomic E-state index is 11.4. The Morgan fingerprint density at radius 2 is 1.64 bits per heavy atom. The van der Waals surface area contributed by atoms with Gasteiger partial charge in [0.05, 0.1) is 0 Å². The fraction of sp³-hybridized carbons (Fsp3) is 0.222. The van der Waals surface area contributed by atoms with E-state index in [1.165, 1.54) is 22.3 Å². The number of carbonyl (C=O) groups excluding carboxylic acids is 1. The summed E-state index contributed by atoms with van der Waals surface area (Å²) in [5, 5.41) is 0. The molecule has 0 bridgehead atoms. The fourth-order valence-corrected chi connectivity index (χ4v) is 3.07. The van der Waals surface area contributed by atoms with E-state index in [0.717, 1.165) is 0 Å². The number of nitrogens with zero attached hydrogens (tertiary/aromatic N) is 1. The molecule has 4 heteroatoms. The molecule has 0 amide bonds. The SMILES string of the molecule is CC1N=C(OCC2c3ccccc3-c3ccccc32)OC1=O. The predicted molar refractivity (Wildman–Crippen MR) is 82.7 cm³/mol. The molecule has 1 atom stereocenters. The molecule has 0 saturated heterocycles. The Balaban J connectivity index is 1.62. The number of hydrogen-bond acceptors (Lipinski definition) is 4. The standard InChI is InChI=1S/C18H15NO3/c1-11-17(20)22-18(19-11)21-10-16-14-8-4-2-6-12(14)13-7-3-5-9-15(13)16/h2-9,11,16H,10H2,1H3. The fourth-order valence-electron chi connectivity index (χ4n) is 3.07. The van der Waals surface area contributed by atoms with Gasteiger partial charge >= 0.3 is 12.1 Å². The lowest BCUT2D eigenvalue weighted by atomic mass is 9.98. The minimum atomic E-state index is -0.474. The first-order valence-electron chi connectivity index (χ1n) is 7.34. The number of rotatable bonds is 2. The second kappa shape index (κ2) is 4.98. The van der Waals surface area contributed by atoms with E-state index in [4.69, 9.17) is 9.47 Å². The molecule has 0 spiro atoms. The summed E-state index contributed by atoms with van der Waals surface area (Å²) in [7, 11) is 0. The molecule has 0 saturated carbocycles. The van der Waals surface area contributed by atoms with Crippen LogP contribution in [0.2, 0.25) is 0 Å². The minimum absolute atomic E-state index is 0.0827. The molecule has 1 aliphatic heterocycles. The molecule has 0 N–H and O–H groups in total. The number of cyclic esters (lactones) is 1. The monoisotopic (exact) mass is 293 g/mol. The topological polar surface area (TPSA) is 47.9 Å². The molecule has 0 aromatic heterocycles. The number of hydrogen-bond donors (Lipinski definition) is 0. The van der Waals surface area contributed by atoms with Crippen LogP contribution in [-0.2, 0) is 14.3 Å². The molecule has 2 aromatic carbocycles. The molecule has 110 valence electrons. The van der Waals surface area contributed by atoms with E-state index in [1.54, 1.807) is 6.92 Å². The highest BCUT2D eigenvalue weighted by atomic mass is 16.7. The smallest absolute Gasteiger partial charge is 0.392 e. The van der Waals surface area contributed by atoms with Crippen molar-refractivity contribution in [3.05, 3.63) is 59.7 Å². The first kappa shape index (κ1) is 13.1. The molecule has 2 aliphatic rings. The van der Waals surface area contributed by atoms with Crippen molar-refractivity contribution >= 4 is 12.1 Å². The van der Waals surface area contributed by atoms with Crippen molar-refractivity contribution in [1.29, 1.82) is 0 Å². The number of carbonyl (C=O) groups is 1. The zero-order valence-electron chi connectivity index (χ0n) is 12.2. The van der Waals surface area contributed by atoms with E-state index in [-0.39, 0.29) is 18.0 Å². The van der Waals surface area contributed by atoms with E-state index in [0.29, 0.717) is 6.61 Å². The Hall–Kier alpha value is -2.62. The van der Waals surface area contributed by atoms with E-state index in [9.17, 15) is 4.79 Å². The lowest BCUT2D eigenvalue weighted by Crippen LogP contribution is -2.15. The number of ether oxygens (including phenoxy) is 2. The summed E-state index contributed by atoms with van der Waals surface area (Å²) in [6, 6.07) is 16.2. The summed E-state index contributed by atoms with van der Waals surface area (Å²) in [4.78, 5) is 15.4. The van der Waals surface area contributed by atoms with Crippen LogP contribution in [0.5, 0.6) is 0 Å². The number of benzene rings is 2. The molecular weight excluding hydrogens is 278 g/mol. The molecule has 1 heterocycles. The van der Waals surface area contributed by atoms with Crippen LogP contribution in [0.25, 0.3) is 11.1 Å². The Morgan fingerprint density at radius 1 is 1.05 bits per heavy atom. The number of aliphatic imine (C=N–C) groups is 1. The summed E-state index contributed by atoms with van der Waals surface area (Å²) < 4.78 is 10.6. The molecular formula is C18H15NO3. The van der Waals surface area contributed by atoms with Crippen molar-refractivity contribution in [2.75, 3.05) is 6.61 Å². The highest BCUT2D eigenvalue weighted by Gasteiger charge is 2.31. The maximum absolute atomic E-state index is 11.4. The van der Waals surface area contributed by atoms with E-state index in [1.807, 2.05) is 24.3 Å². The third kappa shape index (κ3) is 1.99. The quantitative estimate of drug-likeness (QED) is 0.799. The van der Waals surface area contributed by atoms with Gasteiger partial charge in [0, 0.05) is 5.92 Å². The van der Waals surface area contributed by atoms with Crippen LogP contribution in [0.3, 0.4) is 0 Å². The van der Waals surface area contributed by atoms with Crippen molar-refractivity contribution in [3.63, 3.8) is 0 Å². The van der Waals surface area contributed by atoms with Crippen LogP contribution in [-0.4, -0.2) is 24.7 Å². The highest BCUT2D eigenvalue weighted by molar-refractivity contribution is 5.93. The average Bonchev–Trinajstić information content (AvgIpc) is 3.03. The lowest BCUT2D eigenvalue weighted by molar-refractivity contribution is -0.135. The summed E-state index contributed by atoms with van der Waals surface area (Å²) >= 11 is 0. The van der Waals surface area contributed by atoms with Crippen molar-refractivity contribution in [2.24, 2.45) is 4.99 Å². The molecule has 0 fully saturated rings. The van der Waals surface area contributed by atoms with Crippen LogP contribution < -0.4 is 0 Å². The number of fused-ring (bicyclic) bond motifs is 3. The molecule has 2 aromatic rings. The summed E-state index contributed by atoms with van der Waals surface area (Å²) in [6.07, 6.45) is 0.0827. The average molecular weight is 293 g/mol. The van der Waals surface area contributed by atoms with Gasteiger partial charge in [0.15, 0.2) is 6.04 Å². The third-order valence-corrected chi connectivity index (χ3v) is 4.16. The van der Waals surface area contributed by atoms with Gasteiger partial charge in [-0.05, 0) is 29.2 Å². The highest BCUT2D eigenvalue weighted by Crippen LogP contribution is 2.44. The zero-order chi connectivity index (χ0) is 15.1. The lowest BCUT2D eigenvalue weighted by Gasteiger charge is -2.13. The van der Waals surface area contributed by atoms with Gasteiger partial charge in [0.25, 0.3) is 0 Å². The summed E-state index contributed by atoms with van der Waals surface area (Å²) in [6.45, 7) is 2.10. The van der Waals surface area contributed by atoms with Gasteiger partial charge in [-0.15, -0.1) is 0 Å².